The lowest BCUT2D eigenvalue weighted by molar-refractivity contribution is 0.0425. The molecular weight excluding hydrogens is 212 g/mol. The normalized spacial score (nSPS) is 16.5. The third-order valence-electron chi connectivity index (χ3n) is 2.34. The van der Waals surface area contributed by atoms with Gasteiger partial charge in [-0.2, -0.15) is 0 Å². The molecule has 1 unspecified atom stereocenters. The molecular formula is C10H10N2O4. The third kappa shape index (κ3) is 1.58. The molecule has 0 bridgehead atoms. The highest BCUT2D eigenvalue weighted by atomic mass is 16.3. The van der Waals surface area contributed by atoms with E-state index in [4.69, 9.17) is 5.11 Å². The molecule has 0 saturated heterocycles. The van der Waals surface area contributed by atoms with Crippen molar-refractivity contribution in [3.05, 3.63) is 29.6 Å². The molecule has 1 aliphatic heterocycles. The Morgan fingerprint density at radius 1 is 1.38 bits per heavy atom. The number of carbonyl (C=O) groups excluding carboxylic acids is 2. The maximum Gasteiger partial charge on any atom is 0.280 e. The Hall–Kier alpha value is -1.79. The van der Waals surface area contributed by atoms with Crippen LogP contribution in [0.4, 0.5) is 0 Å². The molecule has 0 aromatic carbocycles. The molecule has 0 saturated carbocycles. The van der Waals surface area contributed by atoms with Gasteiger partial charge in [-0.25, -0.2) is 0 Å². The number of hydrogen-bond acceptors (Lipinski definition) is 5. The molecule has 0 radical (unpaired) electrons. The molecule has 84 valence electrons. The lowest BCUT2D eigenvalue weighted by Gasteiger charge is -2.16. The van der Waals surface area contributed by atoms with Gasteiger partial charge in [-0.1, -0.05) is 0 Å². The van der Waals surface area contributed by atoms with Crippen LogP contribution in [0.5, 0.6) is 0 Å². The lowest BCUT2D eigenvalue weighted by atomic mass is 10.2. The van der Waals surface area contributed by atoms with Gasteiger partial charge in [0.2, 0.25) is 0 Å². The van der Waals surface area contributed by atoms with E-state index < -0.39 is 24.5 Å². The van der Waals surface area contributed by atoms with Crippen LogP contribution in [0, 0.1) is 0 Å². The number of pyridine rings is 1. The fourth-order valence-electron chi connectivity index (χ4n) is 1.55. The zero-order valence-corrected chi connectivity index (χ0v) is 8.33. The van der Waals surface area contributed by atoms with E-state index in [-0.39, 0.29) is 17.8 Å². The predicted octanol–water partition coefficient (Wildman–Crippen LogP) is -0.969. The van der Waals surface area contributed by atoms with E-state index in [2.05, 4.69) is 4.98 Å². The van der Waals surface area contributed by atoms with Gasteiger partial charge >= 0.3 is 0 Å². The topological polar surface area (TPSA) is 90.7 Å². The summed E-state index contributed by atoms with van der Waals surface area (Å²) in [5, 5.41) is 17.9. The van der Waals surface area contributed by atoms with Gasteiger partial charge in [0.1, 0.15) is 5.69 Å². The Labute approximate surface area is 91.1 Å². The molecule has 6 nitrogen and oxygen atoms in total. The van der Waals surface area contributed by atoms with Crippen LogP contribution in [-0.4, -0.2) is 51.2 Å². The predicted molar refractivity (Wildman–Crippen MR) is 52.7 cm³/mol. The third-order valence-corrected chi connectivity index (χ3v) is 2.34. The minimum absolute atomic E-state index is 0.0950. The number of nitrogens with zero attached hydrogens (tertiary/aromatic N) is 2. The lowest BCUT2D eigenvalue weighted by Crippen LogP contribution is -2.38. The van der Waals surface area contributed by atoms with Gasteiger partial charge in [0, 0.05) is 6.20 Å². The minimum Gasteiger partial charge on any atom is -0.394 e. The Bertz CT molecular complexity index is 411. The second kappa shape index (κ2) is 3.99. The van der Waals surface area contributed by atoms with Crippen LogP contribution in [0.15, 0.2) is 18.3 Å². The number of carbonyl (C=O) groups is 2. The number of imide groups is 1. The molecule has 2 rings (SSSR count). The summed E-state index contributed by atoms with van der Waals surface area (Å²) in [6.45, 7) is -0.717. The first-order chi connectivity index (χ1) is 7.65. The van der Waals surface area contributed by atoms with E-state index in [1.54, 1.807) is 6.07 Å². The molecule has 2 N–H and O–H groups in total. The molecule has 1 aliphatic rings. The molecule has 0 fully saturated rings. The fraction of sp³-hybridized carbons (Fsp3) is 0.300. The number of rotatable bonds is 3. The first kappa shape index (κ1) is 10.7. The van der Waals surface area contributed by atoms with E-state index in [1.165, 1.54) is 12.3 Å². The van der Waals surface area contributed by atoms with Crippen molar-refractivity contribution in [3.63, 3.8) is 0 Å². The summed E-state index contributed by atoms with van der Waals surface area (Å²) < 4.78 is 0. The summed E-state index contributed by atoms with van der Waals surface area (Å²) in [5.41, 5.74) is 0.329. The van der Waals surface area contributed by atoms with Crippen molar-refractivity contribution < 1.29 is 19.8 Å². The largest absolute Gasteiger partial charge is 0.394 e. The van der Waals surface area contributed by atoms with Crippen LogP contribution < -0.4 is 0 Å². The zero-order valence-electron chi connectivity index (χ0n) is 8.33. The minimum atomic E-state index is -1.12. The van der Waals surface area contributed by atoms with E-state index in [0.717, 1.165) is 4.90 Å². The quantitative estimate of drug-likeness (QED) is 0.642. The summed E-state index contributed by atoms with van der Waals surface area (Å²) >= 11 is 0. The molecule has 1 aromatic heterocycles. The summed E-state index contributed by atoms with van der Waals surface area (Å²) in [6.07, 6.45) is 0.304. The monoisotopic (exact) mass is 222 g/mol. The Balaban J connectivity index is 2.28. The number of aromatic nitrogens is 1. The number of amides is 2. The van der Waals surface area contributed by atoms with Crippen LogP contribution in [0.3, 0.4) is 0 Å². The van der Waals surface area contributed by atoms with Crippen molar-refractivity contribution in [2.75, 3.05) is 13.2 Å². The van der Waals surface area contributed by atoms with Gasteiger partial charge in [-0.15, -0.1) is 0 Å². The van der Waals surface area contributed by atoms with E-state index in [0.29, 0.717) is 0 Å². The SMILES string of the molecule is O=C1c2cccnc2C(=O)N1CC(O)CO. The second-order valence-electron chi connectivity index (χ2n) is 3.46. The highest BCUT2D eigenvalue weighted by Crippen LogP contribution is 2.20. The van der Waals surface area contributed by atoms with Gasteiger partial charge < -0.3 is 10.2 Å². The highest BCUT2D eigenvalue weighted by molar-refractivity contribution is 6.20. The van der Waals surface area contributed by atoms with Crippen molar-refractivity contribution in [2.24, 2.45) is 0 Å². The number of β-amino-alcohol motifs (C(OH)–C–C–N with tert-alkyl or cyclic N) is 1. The molecule has 2 heterocycles. The summed E-state index contributed by atoms with van der Waals surface area (Å²) in [7, 11) is 0. The van der Waals surface area contributed by atoms with Crippen molar-refractivity contribution in [3.8, 4) is 0 Å². The van der Waals surface area contributed by atoms with E-state index >= 15 is 0 Å². The van der Waals surface area contributed by atoms with Crippen molar-refractivity contribution >= 4 is 11.8 Å². The van der Waals surface area contributed by atoms with E-state index in [1.807, 2.05) is 0 Å². The van der Waals surface area contributed by atoms with Gasteiger partial charge in [0.05, 0.1) is 24.8 Å². The maximum absolute atomic E-state index is 11.7. The average Bonchev–Trinajstić information content (AvgIpc) is 2.55. The van der Waals surface area contributed by atoms with Gasteiger partial charge in [-0.3, -0.25) is 19.5 Å². The number of fused-ring (bicyclic) bond motifs is 1. The molecule has 0 spiro atoms. The summed E-state index contributed by atoms with van der Waals surface area (Å²) in [5.74, 6) is -1.02. The summed E-state index contributed by atoms with van der Waals surface area (Å²) in [6, 6.07) is 3.07. The molecule has 2 amide bonds. The number of aliphatic hydroxyl groups is 2. The Morgan fingerprint density at radius 2 is 2.12 bits per heavy atom. The maximum atomic E-state index is 11.7. The van der Waals surface area contributed by atoms with Gasteiger partial charge in [-0.05, 0) is 12.1 Å². The van der Waals surface area contributed by atoms with Crippen molar-refractivity contribution in [2.45, 2.75) is 6.10 Å². The molecule has 16 heavy (non-hydrogen) atoms. The van der Waals surface area contributed by atoms with Crippen LogP contribution in [0.2, 0.25) is 0 Å². The van der Waals surface area contributed by atoms with Gasteiger partial charge in [0.15, 0.2) is 0 Å². The molecule has 0 aliphatic carbocycles. The van der Waals surface area contributed by atoms with E-state index in [9.17, 15) is 14.7 Å². The van der Waals surface area contributed by atoms with Crippen molar-refractivity contribution in [1.29, 1.82) is 0 Å². The average molecular weight is 222 g/mol. The number of aliphatic hydroxyl groups excluding tert-OH is 2. The second-order valence-corrected chi connectivity index (χ2v) is 3.46. The van der Waals surface area contributed by atoms with Crippen LogP contribution >= 0.6 is 0 Å². The molecule has 1 atom stereocenters. The standard InChI is InChI=1S/C10H10N2O4/c13-5-6(14)4-12-9(15)7-2-1-3-11-8(7)10(12)16/h1-3,6,13-14H,4-5H2. The fourth-order valence-corrected chi connectivity index (χ4v) is 1.55. The van der Waals surface area contributed by atoms with Crippen LogP contribution in [0.1, 0.15) is 20.8 Å². The first-order valence-corrected chi connectivity index (χ1v) is 4.75. The van der Waals surface area contributed by atoms with Crippen LogP contribution in [0.25, 0.3) is 0 Å². The Morgan fingerprint density at radius 3 is 2.75 bits per heavy atom. The first-order valence-electron chi connectivity index (χ1n) is 4.75. The van der Waals surface area contributed by atoms with Gasteiger partial charge in [0.25, 0.3) is 11.8 Å². The number of hydrogen-bond donors (Lipinski definition) is 2. The smallest absolute Gasteiger partial charge is 0.280 e. The van der Waals surface area contributed by atoms with Crippen molar-refractivity contribution in [1.82, 2.24) is 9.88 Å². The summed E-state index contributed by atoms with van der Waals surface area (Å²) in [4.78, 5) is 28.1. The molecule has 6 heteroatoms. The molecule has 1 aromatic rings. The zero-order chi connectivity index (χ0) is 11.7. The Kier molecular flexibility index (Phi) is 2.67. The van der Waals surface area contributed by atoms with Crippen LogP contribution in [-0.2, 0) is 0 Å². The highest BCUT2D eigenvalue weighted by Gasteiger charge is 2.37.